The van der Waals surface area contributed by atoms with Crippen LogP contribution in [0, 0.1) is 0 Å². The third kappa shape index (κ3) is 1.60. The number of aromatic nitrogens is 1. The summed E-state index contributed by atoms with van der Waals surface area (Å²) < 4.78 is 9.96. The summed E-state index contributed by atoms with van der Waals surface area (Å²) in [6.07, 6.45) is 5.15. The lowest BCUT2D eigenvalue weighted by atomic mass is 10.2. The first-order valence-electron chi connectivity index (χ1n) is 5.14. The molecule has 2 heterocycles. The molecule has 0 bridgehead atoms. The summed E-state index contributed by atoms with van der Waals surface area (Å²) in [5.74, 6) is 1.39. The van der Waals surface area contributed by atoms with E-state index in [-0.39, 0.29) is 5.91 Å². The molecule has 82 valence electrons. The molecule has 0 radical (unpaired) electrons. The molecule has 0 saturated heterocycles. The summed E-state index contributed by atoms with van der Waals surface area (Å²) in [7, 11) is 0. The van der Waals surface area contributed by atoms with Crippen LogP contribution in [0.3, 0.4) is 0 Å². The first-order chi connectivity index (χ1) is 7.84. The van der Waals surface area contributed by atoms with Crippen molar-refractivity contribution >= 4 is 11.7 Å². The molecule has 16 heavy (non-hydrogen) atoms. The van der Waals surface area contributed by atoms with Crippen LogP contribution in [0.25, 0.3) is 0 Å². The quantitative estimate of drug-likeness (QED) is 0.858. The molecule has 3 rings (SSSR count). The average molecular weight is 218 g/mol. The summed E-state index contributed by atoms with van der Waals surface area (Å²) in [5, 5.41) is 6.26. The van der Waals surface area contributed by atoms with Crippen molar-refractivity contribution in [1.29, 1.82) is 0 Å². The maximum Gasteiger partial charge on any atom is 0.260 e. The van der Waals surface area contributed by atoms with Crippen molar-refractivity contribution in [2.45, 2.75) is 18.8 Å². The minimum atomic E-state index is -0.204. The second-order valence-corrected chi connectivity index (χ2v) is 3.81. The van der Waals surface area contributed by atoms with Crippen LogP contribution in [0.2, 0.25) is 0 Å². The van der Waals surface area contributed by atoms with Crippen LogP contribution in [0.1, 0.15) is 34.9 Å². The minimum Gasteiger partial charge on any atom is -0.468 e. The third-order valence-corrected chi connectivity index (χ3v) is 2.57. The van der Waals surface area contributed by atoms with Gasteiger partial charge in [-0.1, -0.05) is 5.16 Å². The van der Waals surface area contributed by atoms with E-state index in [0.29, 0.717) is 17.3 Å². The first-order valence-corrected chi connectivity index (χ1v) is 5.14. The molecule has 0 aromatic carbocycles. The highest BCUT2D eigenvalue weighted by Crippen LogP contribution is 2.42. The van der Waals surface area contributed by atoms with Crippen LogP contribution in [0.4, 0.5) is 5.82 Å². The maximum atomic E-state index is 11.9. The monoisotopic (exact) mass is 218 g/mol. The Bertz CT molecular complexity index is 497. The summed E-state index contributed by atoms with van der Waals surface area (Å²) in [4.78, 5) is 11.9. The van der Waals surface area contributed by atoms with E-state index in [1.54, 1.807) is 18.4 Å². The highest BCUT2D eigenvalue weighted by atomic mass is 16.5. The van der Waals surface area contributed by atoms with Gasteiger partial charge in [-0.3, -0.25) is 4.79 Å². The van der Waals surface area contributed by atoms with Crippen LogP contribution in [-0.4, -0.2) is 11.1 Å². The van der Waals surface area contributed by atoms with Gasteiger partial charge in [0, 0.05) is 12.0 Å². The van der Waals surface area contributed by atoms with Gasteiger partial charge in [-0.05, 0) is 18.9 Å². The molecule has 1 amide bonds. The third-order valence-electron chi connectivity index (χ3n) is 2.57. The normalized spacial score (nSPS) is 15.0. The minimum absolute atomic E-state index is 0.204. The zero-order valence-corrected chi connectivity index (χ0v) is 8.47. The molecule has 0 spiro atoms. The Morgan fingerprint density at radius 3 is 2.94 bits per heavy atom. The van der Waals surface area contributed by atoms with E-state index in [9.17, 15) is 4.79 Å². The van der Waals surface area contributed by atoms with Crippen molar-refractivity contribution in [3.8, 4) is 0 Å². The molecular weight excluding hydrogens is 208 g/mol. The smallest absolute Gasteiger partial charge is 0.260 e. The molecule has 0 unspecified atom stereocenters. The van der Waals surface area contributed by atoms with Crippen LogP contribution in [0.5, 0.6) is 0 Å². The molecule has 1 fully saturated rings. The Kier molecular flexibility index (Phi) is 2.02. The predicted octanol–water partition coefficient (Wildman–Crippen LogP) is 2.40. The second-order valence-electron chi connectivity index (χ2n) is 3.81. The van der Waals surface area contributed by atoms with E-state index in [2.05, 4.69) is 15.0 Å². The van der Waals surface area contributed by atoms with E-state index in [0.717, 1.165) is 18.6 Å². The zero-order valence-electron chi connectivity index (χ0n) is 8.47. The van der Waals surface area contributed by atoms with Gasteiger partial charge in [0.2, 0.25) is 0 Å². The fourth-order valence-corrected chi connectivity index (χ4v) is 1.63. The number of hydrogen-bond acceptors (Lipinski definition) is 4. The molecule has 1 saturated carbocycles. The van der Waals surface area contributed by atoms with Gasteiger partial charge >= 0.3 is 0 Å². The number of amides is 1. The number of anilines is 1. The number of carbonyl (C=O) groups is 1. The van der Waals surface area contributed by atoms with Gasteiger partial charge in [0.25, 0.3) is 5.91 Å². The molecule has 2 aromatic heterocycles. The Morgan fingerprint density at radius 1 is 1.38 bits per heavy atom. The van der Waals surface area contributed by atoms with Crippen LogP contribution in [-0.2, 0) is 0 Å². The van der Waals surface area contributed by atoms with Crippen LogP contribution >= 0.6 is 0 Å². The summed E-state index contributed by atoms with van der Waals surface area (Å²) >= 11 is 0. The molecule has 2 aromatic rings. The van der Waals surface area contributed by atoms with Crippen molar-refractivity contribution in [1.82, 2.24) is 5.16 Å². The number of rotatable bonds is 3. The van der Waals surface area contributed by atoms with E-state index in [1.165, 1.54) is 6.26 Å². The standard InChI is InChI=1S/C11H10N2O3/c14-11(12-9-4-6-16-13-9)8-3-5-15-10(8)7-1-2-7/h3-7H,1-2H2,(H,12,13,14). The van der Waals surface area contributed by atoms with Crippen molar-refractivity contribution < 1.29 is 13.7 Å². The summed E-state index contributed by atoms with van der Waals surface area (Å²) in [5.41, 5.74) is 0.588. The first kappa shape index (κ1) is 9.21. The predicted molar refractivity (Wildman–Crippen MR) is 55.1 cm³/mol. The highest BCUT2D eigenvalue weighted by Gasteiger charge is 2.31. The molecule has 1 aliphatic carbocycles. The fourth-order valence-electron chi connectivity index (χ4n) is 1.63. The van der Waals surface area contributed by atoms with Gasteiger partial charge in [-0.15, -0.1) is 0 Å². The topological polar surface area (TPSA) is 68.3 Å². The van der Waals surface area contributed by atoms with Crippen molar-refractivity contribution in [2.75, 3.05) is 5.32 Å². The van der Waals surface area contributed by atoms with Crippen molar-refractivity contribution in [2.24, 2.45) is 0 Å². The van der Waals surface area contributed by atoms with E-state index < -0.39 is 0 Å². The van der Waals surface area contributed by atoms with Gasteiger partial charge in [-0.2, -0.15) is 0 Å². The SMILES string of the molecule is O=C(Nc1ccon1)c1ccoc1C1CC1. The maximum absolute atomic E-state index is 11.9. The van der Waals surface area contributed by atoms with E-state index in [4.69, 9.17) is 4.42 Å². The molecular formula is C11H10N2O3. The van der Waals surface area contributed by atoms with Gasteiger partial charge in [-0.25, -0.2) is 0 Å². The van der Waals surface area contributed by atoms with Gasteiger partial charge in [0.15, 0.2) is 5.82 Å². The van der Waals surface area contributed by atoms with Crippen LogP contribution in [0.15, 0.2) is 33.6 Å². The molecule has 0 atom stereocenters. The number of furan rings is 1. The number of nitrogens with one attached hydrogen (secondary N) is 1. The van der Waals surface area contributed by atoms with Gasteiger partial charge in [0.05, 0.1) is 11.8 Å². The number of hydrogen-bond donors (Lipinski definition) is 1. The lowest BCUT2D eigenvalue weighted by Gasteiger charge is -2.00. The Labute approximate surface area is 91.4 Å². The van der Waals surface area contributed by atoms with E-state index >= 15 is 0 Å². The molecule has 1 N–H and O–H groups in total. The molecule has 5 nitrogen and oxygen atoms in total. The second kappa shape index (κ2) is 3.52. The Balaban J connectivity index is 1.80. The zero-order chi connectivity index (χ0) is 11.0. The average Bonchev–Trinajstić information content (AvgIpc) is 2.82. The number of nitrogens with zero attached hydrogens (tertiary/aromatic N) is 1. The highest BCUT2D eigenvalue weighted by molar-refractivity contribution is 6.04. The van der Waals surface area contributed by atoms with E-state index in [1.807, 2.05) is 0 Å². The lowest BCUT2D eigenvalue weighted by molar-refractivity contribution is 0.102. The van der Waals surface area contributed by atoms with Gasteiger partial charge < -0.3 is 14.3 Å². The summed E-state index contributed by atoms with van der Waals surface area (Å²) in [6, 6.07) is 3.28. The molecule has 5 heteroatoms. The largest absolute Gasteiger partial charge is 0.468 e. The summed E-state index contributed by atoms with van der Waals surface area (Å²) in [6.45, 7) is 0. The Hall–Kier alpha value is -2.04. The molecule has 0 aliphatic heterocycles. The molecule has 1 aliphatic rings. The van der Waals surface area contributed by atoms with Gasteiger partial charge in [0.1, 0.15) is 12.0 Å². The number of carbonyl (C=O) groups excluding carboxylic acids is 1. The fraction of sp³-hybridized carbons (Fsp3) is 0.273. The van der Waals surface area contributed by atoms with Crippen LogP contribution < -0.4 is 5.32 Å². The van der Waals surface area contributed by atoms with Crippen molar-refractivity contribution in [3.63, 3.8) is 0 Å². The van der Waals surface area contributed by atoms with Crippen molar-refractivity contribution in [3.05, 3.63) is 36.0 Å². The lowest BCUT2D eigenvalue weighted by Crippen LogP contribution is -2.12. The Morgan fingerprint density at radius 2 is 2.25 bits per heavy atom.